The lowest BCUT2D eigenvalue weighted by atomic mass is 9.96. The van der Waals surface area contributed by atoms with Crippen LogP contribution in [0.2, 0.25) is 0 Å². The first kappa shape index (κ1) is 14.8. The molecule has 1 aliphatic heterocycles. The number of hydrogen-bond donors (Lipinski definition) is 1. The molecule has 0 spiro atoms. The number of carbonyl (C=O) groups is 1. The van der Waals surface area contributed by atoms with Gasteiger partial charge in [-0.15, -0.1) is 0 Å². The SMILES string of the molecule is CCC(CC)NC(=O)[C@@H]1CCCN(c2cnccn2)C1. The lowest BCUT2D eigenvalue weighted by Gasteiger charge is -2.33. The second-order valence-corrected chi connectivity index (χ2v) is 5.37. The summed E-state index contributed by atoms with van der Waals surface area (Å²) >= 11 is 0. The van der Waals surface area contributed by atoms with Gasteiger partial charge in [0.1, 0.15) is 5.82 Å². The highest BCUT2D eigenvalue weighted by atomic mass is 16.2. The largest absolute Gasteiger partial charge is 0.355 e. The molecule has 1 aromatic heterocycles. The second kappa shape index (κ2) is 7.22. The van der Waals surface area contributed by atoms with Crippen molar-refractivity contribution >= 4 is 11.7 Å². The molecule has 1 fully saturated rings. The number of aromatic nitrogens is 2. The summed E-state index contributed by atoms with van der Waals surface area (Å²) in [6.45, 7) is 5.92. The van der Waals surface area contributed by atoms with Crippen molar-refractivity contribution < 1.29 is 4.79 Å². The van der Waals surface area contributed by atoms with Gasteiger partial charge in [-0.25, -0.2) is 4.98 Å². The molecule has 5 nitrogen and oxygen atoms in total. The van der Waals surface area contributed by atoms with E-state index in [1.165, 1.54) is 0 Å². The minimum atomic E-state index is 0.0614. The lowest BCUT2D eigenvalue weighted by Crippen LogP contribution is -2.46. The molecule has 1 N–H and O–H groups in total. The van der Waals surface area contributed by atoms with E-state index in [4.69, 9.17) is 0 Å². The molecule has 2 heterocycles. The van der Waals surface area contributed by atoms with Crippen LogP contribution in [0.25, 0.3) is 0 Å². The number of nitrogens with zero attached hydrogens (tertiary/aromatic N) is 3. The Hall–Kier alpha value is -1.65. The predicted molar refractivity (Wildman–Crippen MR) is 79.5 cm³/mol. The van der Waals surface area contributed by atoms with Crippen LogP contribution in [-0.4, -0.2) is 35.0 Å². The Balaban J connectivity index is 1.95. The molecule has 110 valence electrons. The first-order valence-electron chi connectivity index (χ1n) is 7.55. The van der Waals surface area contributed by atoms with Crippen molar-refractivity contribution in [2.45, 2.75) is 45.6 Å². The van der Waals surface area contributed by atoms with Crippen LogP contribution < -0.4 is 10.2 Å². The third-order valence-electron chi connectivity index (χ3n) is 4.00. The monoisotopic (exact) mass is 276 g/mol. The predicted octanol–water partition coefficient (Wildman–Crippen LogP) is 2.00. The summed E-state index contributed by atoms with van der Waals surface area (Å²) in [5.74, 6) is 1.12. The van der Waals surface area contributed by atoms with E-state index in [9.17, 15) is 4.79 Å². The summed E-state index contributed by atoms with van der Waals surface area (Å²) in [6, 6.07) is 0.300. The Morgan fingerprint density at radius 2 is 2.25 bits per heavy atom. The van der Waals surface area contributed by atoms with E-state index in [2.05, 4.69) is 34.0 Å². The molecule has 20 heavy (non-hydrogen) atoms. The van der Waals surface area contributed by atoms with Crippen LogP contribution in [-0.2, 0) is 4.79 Å². The Kier molecular flexibility index (Phi) is 5.32. The van der Waals surface area contributed by atoms with Crippen molar-refractivity contribution in [3.63, 3.8) is 0 Å². The number of amides is 1. The van der Waals surface area contributed by atoms with Crippen LogP contribution in [0.4, 0.5) is 5.82 Å². The molecular weight excluding hydrogens is 252 g/mol. The molecule has 1 aliphatic rings. The first-order chi connectivity index (χ1) is 9.74. The Morgan fingerprint density at radius 3 is 2.90 bits per heavy atom. The van der Waals surface area contributed by atoms with Crippen LogP contribution in [0.1, 0.15) is 39.5 Å². The fourth-order valence-electron chi connectivity index (χ4n) is 2.67. The molecule has 0 radical (unpaired) electrons. The zero-order valence-electron chi connectivity index (χ0n) is 12.4. The van der Waals surface area contributed by atoms with Crippen molar-refractivity contribution in [1.82, 2.24) is 15.3 Å². The maximum absolute atomic E-state index is 12.3. The highest BCUT2D eigenvalue weighted by molar-refractivity contribution is 5.79. The van der Waals surface area contributed by atoms with E-state index in [0.717, 1.165) is 44.6 Å². The van der Waals surface area contributed by atoms with Crippen molar-refractivity contribution in [3.8, 4) is 0 Å². The zero-order valence-corrected chi connectivity index (χ0v) is 12.4. The molecule has 0 aliphatic carbocycles. The van der Waals surface area contributed by atoms with Gasteiger partial charge in [0.2, 0.25) is 5.91 Å². The summed E-state index contributed by atoms with van der Waals surface area (Å²) in [5, 5.41) is 3.16. The van der Waals surface area contributed by atoms with Gasteiger partial charge < -0.3 is 10.2 Å². The van der Waals surface area contributed by atoms with E-state index < -0.39 is 0 Å². The smallest absolute Gasteiger partial charge is 0.225 e. The van der Waals surface area contributed by atoms with Gasteiger partial charge in [-0.1, -0.05) is 13.8 Å². The third kappa shape index (κ3) is 3.68. The number of hydrogen-bond acceptors (Lipinski definition) is 4. The van der Waals surface area contributed by atoms with E-state index in [1.54, 1.807) is 18.6 Å². The Bertz CT molecular complexity index is 419. The number of anilines is 1. The van der Waals surface area contributed by atoms with Crippen molar-refractivity contribution in [2.75, 3.05) is 18.0 Å². The van der Waals surface area contributed by atoms with Crippen LogP contribution >= 0.6 is 0 Å². The second-order valence-electron chi connectivity index (χ2n) is 5.37. The molecule has 0 bridgehead atoms. The van der Waals surface area contributed by atoms with Gasteiger partial charge in [-0.05, 0) is 25.7 Å². The van der Waals surface area contributed by atoms with E-state index in [0.29, 0.717) is 6.04 Å². The first-order valence-corrected chi connectivity index (χ1v) is 7.55. The minimum absolute atomic E-state index is 0.0614. The quantitative estimate of drug-likeness (QED) is 0.893. The van der Waals surface area contributed by atoms with Gasteiger partial charge in [0, 0.05) is 31.5 Å². The highest BCUT2D eigenvalue weighted by Crippen LogP contribution is 2.21. The van der Waals surface area contributed by atoms with Gasteiger partial charge in [-0.3, -0.25) is 9.78 Å². The summed E-state index contributed by atoms with van der Waals surface area (Å²) in [5.41, 5.74) is 0. The molecule has 0 unspecified atom stereocenters. The molecule has 5 heteroatoms. The minimum Gasteiger partial charge on any atom is -0.355 e. The average molecular weight is 276 g/mol. The standard InChI is InChI=1S/C15H24N4O/c1-3-13(4-2)18-15(20)12-6-5-9-19(11-12)14-10-16-7-8-17-14/h7-8,10,12-13H,3-6,9,11H2,1-2H3,(H,18,20)/t12-/m1/s1. The van der Waals surface area contributed by atoms with E-state index in [-0.39, 0.29) is 11.8 Å². The van der Waals surface area contributed by atoms with Gasteiger partial charge in [0.25, 0.3) is 0 Å². The molecule has 1 saturated heterocycles. The summed E-state index contributed by atoms with van der Waals surface area (Å²) in [7, 11) is 0. The van der Waals surface area contributed by atoms with Crippen molar-refractivity contribution in [2.24, 2.45) is 5.92 Å². The maximum atomic E-state index is 12.3. The summed E-state index contributed by atoms with van der Waals surface area (Å²) in [6.07, 6.45) is 9.10. The molecule has 0 aromatic carbocycles. The number of piperidine rings is 1. The molecule has 1 aromatic rings. The van der Waals surface area contributed by atoms with Crippen LogP contribution in [0.5, 0.6) is 0 Å². The molecule has 2 rings (SSSR count). The van der Waals surface area contributed by atoms with E-state index in [1.807, 2.05) is 0 Å². The number of carbonyl (C=O) groups excluding carboxylic acids is 1. The summed E-state index contributed by atoms with van der Waals surface area (Å²) < 4.78 is 0. The van der Waals surface area contributed by atoms with Gasteiger partial charge in [0.15, 0.2) is 0 Å². The van der Waals surface area contributed by atoms with Crippen LogP contribution in [0, 0.1) is 5.92 Å². The number of nitrogens with one attached hydrogen (secondary N) is 1. The van der Waals surface area contributed by atoms with Crippen LogP contribution in [0.3, 0.4) is 0 Å². The maximum Gasteiger partial charge on any atom is 0.225 e. The molecule has 1 amide bonds. The molecule has 0 saturated carbocycles. The fraction of sp³-hybridized carbons (Fsp3) is 0.667. The highest BCUT2D eigenvalue weighted by Gasteiger charge is 2.27. The van der Waals surface area contributed by atoms with Crippen LogP contribution in [0.15, 0.2) is 18.6 Å². The lowest BCUT2D eigenvalue weighted by molar-refractivity contribution is -0.126. The normalized spacial score (nSPS) is 19.1. The van der Waals surface area contributed by atoms with Gasteiger partial charge >= 0.3 is 0 Å². The van der Waals surface area contributed by atoms with Gasteiger partial charge in [0.05, 0.1) is 12.1 Å². The Labute approximate surface area is 120 Å². The number of rotatable bonds is 5. The Morgan fingerprint density at radius 1 is 1.45 bits per heavy atom. The summed E-state index contributed by atoms with van der Waals surface area (Å²) in [4.78, 5) is 22.9. The van der Waals surface area contributed by atoms with E-state index >= 15 is 0 Å². The zero-order chi connectivity index (χ0) is 14.4. The van der Waals surface area contributed by atoms with Crippen molar-refractivity contribution in [1.29, 1.82) is 0 Å². The average Bonchev–Trinajstić information content (AvgIpc) is 2.53. The van der Waals surface area contributed by atoms with Gasteiger partial charge in [-0.2, -0.15) is 0 Å². The van der Waals surface area contributed by atoms with Crippen molar-refractivity contribution in [3.05, 3.63) is 18.6 Å². The topological polar surface area (TPSA) is 58.1 Å². The third-order valence-corrected chi connectivity index (χ3v) is 4.00. The molecule has 1 atom stereocenters. The molecular formula is C15H24N4O. The fourth-order valence-corrected chi connectivity index (χ4v) is 2.67.